The van der Waals surface area contributed by atoms with Gasteiger partial charge in [-0.2, -0.15) is 0 Å². The van der Waals surface area contributed by atoms with Gasteiger partial charge < -0.3 is 25.4 Å². The molecule has 1 amide bonds. The van der Waals surface area contributed by atoms with Crippen molar-refractivity contribution in [3.63, 3.8) is 0 Å². The van der Waals surface area contributed by atoms with Crippen LogP contribution in [0.4, 0.5) is 17.5 Å². The van der Waals surface area contributed by atoms with Gasteiger partial charge in [0, 0.05) is 37.8 Å². The summed E-state index contributed by atoms with van der Waals surface area (Å²) in [6.07, 6.45) is 4.19. The van der Waals surface area contributed by atoms with Crippen molar-refractivity contribution in [2.24, 2.45) is 5.41 Å². The molecule has 12 heteroatoms. The smallest absolute Gasteiger partial charge is 0.256 e. The molecule has 190 valence electrons. The first-order valence-electron chi connectivity index (χ1n) is 11.0. The molecular formula is C24H29ClN8O3. The number of fused-ring (bicyclic) bond motifs is 1. The number of anilines is 3. The molecule has 0 saturated carbocycles. The van der Waals surface area contributed by atoms with E-state index in [1.54, 1.807) is 46.2 Å². The van der Waals surface area contributed by atoms with Crippen LogP contribution in [0.25, 0.3) is 11.0 Å². The van der Waals surface area contributed by atoms with Crippen LogP contribution in [-0.4, -0.2) is 64.1 Å². The highest BCUT2D eigenvalue weighted by Gasteiger charge is 2.18. The van der Waals surface area contributed by atoms with Gasteiger partial charge in [-0.25, -0.2) is 19.9 Å². The highest BCUT2D eigenvalue weighted by atomic mass is 35.5. The zero-order valence-electron chi connectivity index (χ0n) is 20.8. The molecule has 0 atom stereocenters. The number of aliphatic hydroxyl groups excluding tert-OH is 1. The minimum Gasteiger partial charge on any atom is -0.512 e. The van der Waals surface area contributed by atoms with Crippen LogP contribution in [-0.2, 0) is 4.74 Å². The van der Waals surface area contributed by atoms with Crippen molar-refractivity contribution < 1.29 is 14.6 Å². The van der Waals surface area contributed by atoms with Gasteiger partial charge in [0.2, 0.25) is 5.95 Å². The SMILES string of the molecule is COCCN(C)c1ncc2ncnc(Nc3cc(C(=O)NC(=N)/C=C(\O)C(C)(C)C)ccc3Cl)c2n1. The molecule has 0 aliphatic carbocycles. The van der Waals surface area contributed by atoms with Crippen LogP contribution in [0, 0.1) is 10.8 Å². The van der Waals surface area contributed by atoms with Crippen LogP contribution < -0.4 is 15.5 Å². The molecule has 0 spiro atoms. The predicted molar refractivity (Wildman–Crippen MR) is 140 cm³/mol. The number of amides is 1. The number of halogens is 1. The van der Waals surface area contributed by atoms with Gasteiger partial charge in [0.1, 0.15) is 29.0 Å². The van der Waals surface area contributed by atoms with Gasteiger partial charge in [0.25, 0.3) is 5.91 Å². The Morgan fingerprint density at radius 2 is 2.03 bits per heavy atom. The van der Waals surface area contributed by atoms with E-state index in [0.717, 1.165) is 0 Å². The zero-order valence-corrected chi connectivity index (χ0v) is 21.5. The molecule has 4 N–H and O–H groups in total. The normalized spacial score (nSPS) is 11.9. The van der Waals surface area contributed by atoms with Crippen molar-refractivity contribution in [3.8, 4) is 0 Å². The number of rotatable bonds is 8. The van der Waals surface area contributed by atoms with E-state index in [0.29, 0.717) is 46.7 Å². The minimum atomic E-state index is -0.545. The fourth-order valence-electron chi connectivity index (χ4n) is 2.92. The molecule has 36 heavy (non-hydrogen) atoms. The fraction of sp³-hybridized carbons (Fsp3) is 0.333. The predicted octanol–water partition coefficient (Wildman–Crippen LogP) is 4.09. The molecule has 11 nitrogen and oxygen atoms in total. The number of aliphatic hydroxyl groups is 1. The molecule has 0 aliphatic heterocycles. The number of hydrogen-bond donors (Lipinski definition) is 4. The van der Waals surface area contributed by atoms with Gasteiger partial charge in [0.15, 0.2) is 5.82 Å². The second-order valence-electron chi connectivity index (χ2n) is 9.01. The highest BCUT2D eigenvalue weighted by molar-refractivity contribution is 6.33. The Bertz CT molecular complexity index is 1310. The van der Waals surface area contributed by atoms with Crippen LogP contribution >= 0.6 is 11.6 Å². The number of likely N-dealkylation sites (N-methyl/N-ethyl adjacent to an activating group) is 1. The standard InChI is InChI=1S/C24H29ClN8O3/c1-24(2,3)18(34)11-19(26)31-22(35)14-6-7-15(25)16(10-14)30-21-20-17(28-13-29-21)12-27-23(32-20)33(4)8-9-36-5/h6-7,10-13,34H,8-9H2,1-5H3,(H2,26,31,35)(H,28,29,30)/b18-11-. The minimum absolute atomic E-state index is 0.0175. The van der Waals surface area contributed by atoms with Gasteiger partial charge in [-0.15, -0.1) is 0 Å². The quantitative estimate of drug-likeness (QED) is 0.199. The molecular weight excluding hydrogens is 484 g/mol. The Morgan fingerprint density at radius 1 is 1.28 bits per heavy atom. The van der Waals surface area contributed by atoms with E-state index >= 15 is 0 Å². The summed E-state index contributed by atoms with van der Waals surface area (Å²) in [7, 11) is 3.47. The summed E-state index contributed by atoms with van der Waals surface area (Å²) in [6.45, 7) is 6.51. The molecule has 0 radical (unpaired) electrons. The first-order valence-corrected chi connectivity index (χ1v) is 11.4. The third-order valence-electron chi connectivity index (χ3n) is 5.12. The topological polar surface area (TPSA) is 149 Å². The van der Waals surface area contributed by atoms with Crippen LogP contribution in [0.15, 0.2) is 42.6 Å². The van der Waals surface area contributed by atoms with E-state index in [9.17, 15) is 9.90 Å². The van der Waals surface area contributed by atoms with Crippen molar-refractivity contribution in [2.75, 3.05) is 37.5 Å². The van der Waals surface area contributed by atoms with Gasteiger partial charge in [-0.05, 0) is 18.2 Å². The molecule has 3 rings (SSSR count). The Labute approximate surface area is 214 Å². The summed E-state index contributed by atoms with van der Waals surface area (Å²) in [6, 6.07) is 4.64. The summed E-state index contributed by atoms with van der Waals surface area (Å²) >= 11 is 6.39. The van der Waals surface area contributed by atoms with Gasteiger partial charge in [0.05, 0.1) is 23.5 Å². The lowest BCUT2D eigenvalue weighted by atomic mass is 9.93. The van der Waals surface area contributed by atoms with Gasteiger partial charge >= 0.3 is 0 Å². The molecule has 3 aromatic rings. The maximum atomic E-state index is 12.7. The Morgan fingerprint density at radius 3 is 2.72 bits per heavy atom. The summed E-state index contributed by atoms with van der Waals surface area (Å²) in [5.74, 6) is 0.0713. The molecule has 0 aliphatic rings. The number of benzene rings is 1. The monoisotopic (exact) mass is 512 g/mol. The van der Waals surface area contributed by atoms with Crippen LogP contribution in [0.3, 0.4) is 0 Å². The molecule has 2 aromatic heterocycles. The second-order valence-corrected chi connectivity index (χ2v) is 9.41. The van der Waals surface area contributed by atoms with Crippen molar-refractivity contribution in [1.82, 2.24) is 25.3 Å². The second kappa shape index (κ2) is 11.3. The Balaban J connectivity index is 1.86. The van der Waals surface area contributed by atoms with E-state index in [1.165, 1.54) is 18.5 Å². The summed E-state index contributed by atoms with van der Waals surface area (Å²) < 4.78 is 5.12. The van der Waals surface area contributed by atoms with E-state index < -0.39 is 11.3 Å². The van der Waals surface area contributed by atoms with Crippen LogP contribution in [0.2, 0.25) is 5.02 Å². The zero-order chi connectivity index (χ0) is 26.5. The first kappa shape index (κ1) is 26.8. The van der Waals surface area contributed by atoms with Gasteiger partial charge in [-0.3, -0.25) is 10.2 Å². The Kier molecular flexibility index (Phi) is 8.38. The number of hydrogen-bond acceptors (Lipinski definition) is 10. The molecule has 0 fully saturated rings. The maximum absolute atomic E-state index is 12.7. The average molecular weight is 513 g/mol. The lowest BCUT2D eigenvalue weighted by molar-refractivity contribution is 0.0977. The molecule has 1 aromatic carbocycles. The number of ether oxygens (including phenoxy) is 1. The Hall–Kier alpha value is -3.83. The number of methoxy groups -OCH3 is 1. The largest absolute Gasteiger partial charge is 0.512 e. The number of allylic oxidation sites excluding steroid dienone is 1. The van der Waals surface area contributed by atoms with E-state index in [2.05, 4.69) is 30.6 Å². The average Bonchev–Trinajstić information content (AvgIpc) is 2.83. The maximum Gasteiger partial charge on any atom is 0.256 e. The molecule has 0 unspecified atom stereocenters. The van der Waals surface area contributed by atoms with Crippen molar-refractivity contribution in [2.45, 2.75) is 20.8 Å². The van der Waals surface area contributed by atoms with E-state index in [4.69, 9.17) is 21.7 Å². The number of aromatic nitrogens is 4. The van der Waals surface area contributed by atoms with E-state index in [1.807, 2.05) is 11.9 Å². The lowest BCUT2D eigenvalue weighted by Gasteiger charge is -2.17. The fourth-order valence-corrected chi connectivity index (χ4v) is 3.09. The number of carbonyl (C=O) groups excluding carboxylic acids is 1. The van der Waals surface area contributed by atoms with Crippen molar-refractivity contribution in [3.05, 3.63) is 53.1 Å². The third-order valence-corrected chi connectivity index (χ3v) is 5.45. The number of nitrogens with zero attached hydrogens (tertiary/aromatic N) is 5. The third kappa shape index (κ3) is 6.64. The number of amidine groups is 1. The number of nitrogens with one attached hydrogen (secondary N) is 3. The van der Waals surface area contributed by atoms with Crippen LogP contribution in [0.1, 0.15) is 31.1 Å². The summed E-state index contributed by atoms with van der Waals surface area (Å²) in [4.78, 5) is 32.0. The van der Waals surface area contributed by atoms with Gasteiger partial charge in [-0.1, -0.05) is 32.4 Å². The first-order chi connectivity index (χ1) is 17.0. The molecule has 0 bridgehead atoms. The lowest BCUT2D eigenvalue weighted by Crippen LogP contribution is -2.29. The van der Waals surface area contributed by atoms with Crippen molar-refractivity contribution in [1.29, 1.82) is 5.41 Å². The molecule has 2 heterocycles. The molecule has 0 saturated heterocycles. The van der Waals surface area contributed by atoms with Crippen LogP contribution in [0.5, 0.6) is 0 Å². The van der Waals surface area contributed by atoms with E-state index in [-0.39, 0.29) is 17.2 Å². The summed E-state index contributed by atoms with van der Waals surface area (Å²) in [5.41, 5.74) is 1.12. The van der Waals surface area contributed by atoms with Crippen molar-refractivity contribution >= 4 is 51.8 Å². The highest BCUT2D eigenvalue weighted by Crippen LogP contribution is 2.29. The summed E-state index contributed by atoms with van der Waals surface area (Å²) in [5, 5.41) is 24.0. The number of carbonyl (C=O) groups is 1.